The molecule has 1 atom stereocenters. The number of carbonyl (C=O) groups excluding carboxylic acids is 1. The van der Waals surface area contributed by atoms with Gasteiger partial charge in [0.15, 0.2) is 0 Å². The van der Waals surface area contributed by atoms with Crippen molar-refractivity contribution in [3.8, 4) is 0 Å². The average molecular weight is 250 g/mol. The van der Waals surface area contributed by atoms with E-state index in [4.69, 9.17) is 0 Å². The predicted molar refractivity (Wildman–Crippen MR) is 60.2 cm³/mol. The van der Waals surface area contributed by atoms with Crippen LogP contribution in [0.4, 0.5) is 0 Å². The highest BCUT2D eigenvalue weighted by Crippen LogP contribution is 2.12. The lowest BCUT2D eigenvalue weighted by atomic mass is 10.0. The zero-order chi connectivity index (χ0) is 10.3. The fourth-order valence-corrected chi connectivity index (χ4v) is 1.49. The molecule has 1 unspecified atom stereocenters. The van der Waals surface area contributed by atoms with Crippen molar-refractivity contribution in [1.82, 2.24) is 5.32 Å². The maximum atomic E-state index is 11.4. The molecule has 0 saturated heterocycles. The summed E-state index contributed by atoms with van der Waals surface area (Å²) in [5, 5.41) is 3.86. The SMILES string of the molecule is CCCCC(=O)NC(C)(CC)CBr. The molecular formula is C10H20BrNO. The minimum Gasteiger partial charge on any atom is -0.350 e. The van der Waals surface area contributed by atoms with Crippen LogP contribution in [0.25, 0.3) is 0 Å². The normalized spacial score (nSPS) is 15.1. The van der Waals surface area contributed by atoms with Gasteiger partial charge in [-0.05, 0) is 19.8 Å². The summed E-state index contributed by atoms with van der Waals surface area (Å²) in [6.07, 6.45) is 3.66. The first-order valence-corrected chi connectivity index (χ1v) is 6.07. The van der Waals surface area contributed by atoms with Crippen molar-refractivity contribution in [2.24, 2.45) is 0 Å². The monoisotopic (exact) mass is 249 g/mol. The van der Waals surface area contributed by atoms with E-state index in [1.807, 2.05) is 0 Å². The molecule has 0 aliphatic rings. The quantitative estimate of drug-likeness (QED) is 0.721. The summed E-state index contributed by atoms with van der Waals surface area (Å²) < 4.78 is 0. The van der Waals surface area contributed by atoms with Gasteiger partial charge in [0.25, 0.3) is 0 Å². The van der Waals surface area contributed by atoms with Crippen molar-refractivity contribution >= 4 is 21.8 Å². The molecule has 0 saturated carbocycles. The van der Waals surface area contributed by atoms with Gasteiger partial charge in [0, 0.05) is 17.3 Å². The molecule has 0 spiro atoms. The first-order valence-electron chi connectivity index (χ1n) is 4.95. The van der Waals surface area contributed by atoms with Crippen LogP contribution in [0.3, 0.4) is 0 Å². The van der Waals surface area contributed by atoms with Gasteiger partial charge in [-0.25, -0.2) is 0 Å². The highest BCUT2D eigenvalue weighted by atomic mass is 79.9. The molecule has 2 nitrogen and oxygen atoms in total. The van der Waals surface area contributed by atoms with Crippen LogP contribution >= 0.6 is 15.9 Å². The van der Waals surface area contributed by atoms with E-state index < -0.39 is 0 Å². The Hall–Kier alpha value is -0.0500. The van der Waals surface area contributed by atoms with Crippen LogP contribution in [0.1, 0.15) is 46.5 Å². The highest BCUT2D eigenvalue weighted by molar-refractivity contribution is 9.09. The Labute approximate surface area is 89.6 Å². The van der Waals surface area contributed by atoms with Gasteiger partial charge in [0.05, 0.1) is 0 Å². The summed E-state index contributed by atoms with van der Waals surface area (Å²) in [4.78, 5) is 11.4. The summed E-state index contributed by atoms with van der Waals surface area (Å²) in [6.45, 7) is 6.24. The Balaban J connectivity index is 3.87. The van der Waals surface area contributed by atoms with E-state index in [0.29, 0.717) is 6.42 Å². The van der Waals surface area contributed by atoms with E-state index >= 15 is 0 Å². The number of hydrogen-bond donors (Lipinski definition) is 1. The summed E-state index contributed by atoms with van der Waals surface area (Å²) in [5.74, 6) is 0.172. The fourth-order valence-electron chi connectivity index (χ4n) is 0.953. The third-order valence-electron chi connectivity index (χ3n) is 2.27. The lowest BCUT2D eigenvalue weighted by Gasteiger charge is -2.27. The molecule has 0 aliphatic heterocycles. The topological polar surface area (TPSA) is 29.1 Å². The molecular weight excluding hydrogens is 230 g/mol. The molecule has 1 amide bonds. The summed E-state index contributed by atoms with van der Waals surface area (Å²) in [5.41, 5.74) is -0.0785. The Morgan fingerprint density at radius 3 is 2.46 bits per heavy atom. The van der Waals surface area contributed by atoms with E-state index in [1.165, 1.54) is 0 Å². The molecule has 0 heterocycles. The zero-order valence-corrected chi connectivity index (χ0v) is 10.4. The smallest absolute Gasteiger partial charge is 0.220 e. The number of unbranched alkanes of at least 4 members (excludes halogenated alkanes) is 1. The van der Waals surface area contributed by atoms with E-state index in [0.717, 1.165) is 24.6 Å². The van der Waals surface area contributed by atoms with Gasteiger partial charge < -0.3 is 5.32 Å². The standard InChI is InChI=1S/C10H20BrNO/c1-4-6-7-9(13)12-10(3,5-2)8-11/h4-8H2,1-3H3,(H,12,13). The van der Waals surface area contributed by atoms with Crippen molar-refractivity contribution in [3.63, 3.8) is 0 Å². The van der Waals surface area contributed by atoms with E-state index in [9.17, 15) is 4.79 Å². The minimum atomic E-state index is -0.0785. The van der Waals surface area contributed by atoms with Gasteiger partial charge in [-0.1, -0.05) is 36.2 Å². The van der Waals surface area contributed by atoms with Crippen LogP contribution < -0.4 is 5.32 Å². The van der Waals surface area contributed by atoms with Crippen molar-refractivity contribution in [2.75, 3.05) is 5.33 Å². The molecule has 0 radical (unpaired) electrons. The molecule has 13 heavy (non-hydrogen) atoms. The molecule has 0 rings (SSSR count). The maximum absolute atomic E-state index is 11.4. The molecule has 0 aliphatic carbocycles. The number of alkyl halides is 1. The third-order valence-corrected chi connectivity index (χ3v) is 3.51. The Morgan fingerprint density at radius 2 is 2.08 bits per heavy atom. The number of halogens is 1. The summed E-state index contributed by atoms with van der Waals surface area (Å²) in [7, 11) is 0. The Morgan fingerprint density at radius 1 is 1.46 bits per heavy atom. The van der Waals surface area contributed by atoms with Gasteiger partial charge in [0.2, 0.25) is 5.91 Å². The Bertz CT molecular complexity index is 155. The van der Waals surface area contributed by atoms with Crippen LogP contribution in [0, 0.1) is 0 Å². The molecule has 0 fully saturated rings. The fraction of sp³-hybridized carbons (Fsp3) is 0.900. The van der Waals surface area contributed by atoms with E-state index in [1.54, 1.807) is 0 Å². The van der Waals surface area contributed by atoms with Gasteiger partial charge in [-0.15, -0.1) is 0 Å². The number of hydrogen-bond acceptors (Lipinski definition) is 1. The predicted octanol–water partition coefficient (Wildman–Crippen LogP) is 2.86. The second-order valence-corrected chi connectivity index (χ2v) is 4.26. The van der Waals surface area contributed by atoms with Crippen molar-refractivity contribution < 1.29 is 4.79 Å². The molecule has 0 bridgehead atoms. The number of rotatable bonds is 6. The average Bonchev–Trinajstić information content (AvgIpc) is 2.14. The highest BCUT2D eigenvalue weighted by Gasteiger charge is 2.21. The second-order valence-electron chi connectivity index (χ2n) is 3.70. The Kier molecular flexibility index (Phi) is 6.39. The molecule has 1 N–H and O–H groups in total. The lowest BCUT2D eigenvalue weighted by Crippen LogP contribution is -2.46. The number of carbonyl (C=O) groups is 1. The number of nitrogens with one attached hydrogen (secondary N) is 1. The number of amides is 1. The van der Waals surface area contributed by atoms with Gasteiger partial charge in [-0.3, -0.25) is 4.79 Å². The van der Waals surface area contributed by atoms with E-state index in [2.05, 4.69) is 42.0 Å². The van der Waals surface area contributed by atoms with Gasteiger partial charge in [-0.2, -0.15) is 0 Å². The van der Waals surface area contributed by atoms with Crippen LogP contribution in [0.15, 0.2) is 0 Å². The second kappa shape index (κ2) is 6.41. The first kappa shape index (κ1) is 12.9. The van der Waals surface area contributed by atoms with Crippen LogP contribution in [-0.4, -0.2) is 16.8 Å². The van der Waals surface area contributed by atoms with Crippen LogP contribution in [0.5, 0.6) is 0 Å². The van der Waals surface area contributed by atoms with Gasteiger partial charge in [0.1, 0.15) is 0 Å². The van der Waals surface area contributed by atoms with Gasteiger partial charge >= 0.3 is 0 Å². The van der Waals surface area contributed by atoms with Crippen molar-refractivity contribution in [1.29, 1.82) is 0 Å². The molecule has 0 aromatic rings. The first-order chi connectivity index (χ1) is 6.08. The summed E-state index contributed by atoms with van der Waals surface area (Å²) >= 11 is 3.41. The van der Waals surface area contributed by atoms with Crippen molar-refractivity contribution in [3.05, 3.63) is 0 Å². The van der Waals surface area contributed by atoms with E-state index in [-0.39, 0.29) is 11.4 Å². The molecule has 0 aromatic carbocycles. The molecule has 0 aromatic heterocycles. The molecule has 78 valence electrons. The largest absolute Gasteiger partial charge is 0.350 e. The van der Waals surface area contributed by atoms with Crippen LogP contribution in [0.2, 0.25) is 0 Å². The summed E-state index contributed by atoms with van der Waals surface area (Å²) in [6, 6.07) is 0. The minimum absolute atomic E-state index is 0.0785. The lowest BCUT2D eigenvalue weighted by molar-refractivity contribution is -0.122. The molecule has 3 heteroatoms. The van der Waals surface area contributed by atoms with Crippen LogP contribution in [-0.2, 0) is 4.79 Å². The maximum Gasteiger partial charge on any atom is 0.220 e. The third kappa shape index (κ3) is 5.29. The zero-order valence-electron chi connectivity index (χ0n) is 8.82. The van der Waals surface area contributed by atoms with Crippen molar-refractivity contribution in [2.45, 2.75) is 52.0 Å².